The summed E-state index contributed by atoms with van der Waals surface area (Å²) in [5, 5.41) is 0. The SMILES string of the molecule is C=CCC(N)Cc1ccc(OC)c(OCCc2ccccc2)c1.Cl. The summed E-state index contributed by atoms with van der Waals surface area (Å²) in [5.74, 6) is 1.52. The third kappa shape index (κ3) is 6.26. The van der Waals surface area contributed by atoms with Crippen LogP contribution in [0.1, 0.15) is 17.5 Å². The molecular formula is C20H26ClNO2. The Morgan fingerprint density at radius 3 is 2.50 bits per heavy atom. The fraction of sp³-hybridized carbons (Fsp3) is 0.300. The van der Waals surface area contributed by atoms with Crippen LogP contribution in [0.3, 0.4) is 0 Å². The third-order valence-corrected chi connectivity index (χ3v) is 3.69. The zero-order valence-corrected chi connectivity index (χ0v) is 14.9. The molecule has 1 atom stereocenters. The summed E-state index contributed by atoms with van der Waals surface area (Å²) < 4.78 is 11.3. The van der Waals surface area contributed by atoms with Crippen LogP contribution in [0, 0.1) is 0 Å². The first kappa shape index (κ1) is 20.1. The van der Waals surface area contributed by atoms with Gasteiger partial charge in [-0.2, -0.15) is 0 Å². The first-order chi connectivity index (χ1) is 11.2. The van der Waals surface area contributed by atoms with E-state index in [0.717, 1.165) is 36.3 Å². The number of hydrogen-bond donors (Lipinski definition) is 1. The average Bonchev–Trinajstić information content (AvgIpc) is 2.56. The third-order valence-electron chi connectivity index (χ3n) is 3.69. The molecular weight excluding hydrogens is 322 g/mol. The molecule has 0 aliphatic heterocycles. The minimum Gasteiger partial charge on any atom is -0.493 e. The molecule has 0 spiro atoms. The van der Waals surface area contributed by atoms with Gasteiger partial charge >= 0.3 is 0 Å². The average molecular weight is 348 g/mol. The van der Waals surface area contributed by atoms with Crippen molar-refractivity contribution in [2.24, 2.45) is 5.73 Å². The second-order valence-corrected chi connectivity index (χ2v) is 5.56. The Morgan fingerprint density at radius 1 is 1.08 bits per heavy atom. The molecule has 0 aromatic heterocycles. The summed E-state index contributed by atoms with van der Waals surface area (Å²) in [6.45, 7) is 4.35. The van der Waals surface area contributed by atoms with E-state index in [1.54, 1.807) is 7.11 Å². The van der Waals surface area contributed by atoms with Gasteiger partial charge in [-0.25, -0.2) is 0 Å². The minimum atomic E-state index is 0. The molecule has 0 saturated heterocycles. The van der Waals surface area contributed by atoms with Crippen molar-refractivity contribution in [1.82, 2.24) is 0 Å². The molecule has 0 heterocycles. The van der Waals surface area contributed by atoms with Crippen LogP contribution in [0.5, 0.6) is 11.5 Å². The van der Waals surface area contributed by atoms with Crippen LogP contribution < -0.4 is 15.2 Å². The second-order valence-electron chi connectivity index (χ2n) is 5.56. The van der Waals surface area contributed by atoms with E-state index in [0.29, 0.717) is 6.61 Å². The lowest BCUT2D eigenvalue weighted by atomic mass is 10.0. The zero-order chi connectivity index (χ0) is 16.5. The van der Waals surface area contributed by atoms with Crippen molar-refractivity contribution in [3.63, 3.8) is 0 Å². The summed E-state index contributed by atoms with van der Waals surface area (Å²) in [4.78, 5) is 0. The number of nitrogens with two attached hydrogens (primary N) is 1. The summed E-state index contributed by atoms with van der Waals surface area (Å²) in [7, 11) is 1.66. The Morgan fingerprint density at radius 2 is 1.83 bits per heavy atom. The molecule has 0 radical (unpaired) electrons. The van der Waals surface area contributed by atoms with Crippen molar-refractivity contribution in [3.05, 3.63) is 72.3 Å². The van der Waals surface area contributed by atoms with Gasteiger partial charge in [0.05, 0.1) is 13.7 Å². The van der Waals surface area contributed by atoms with Crippen LogP contribution in [-0.2, 0) is 12.8 Å². The first-order valence-corrected chi connectivity index (χ1v) is 7.93. The molecule has 2 aromatic carbocycles. The first-order valence-electron chi connectivity index (χ1n) is 7.93. The van der Waals surface area contributed by atoms with E-state index in [1.165, 1.54) is 5.56 Å². The Balaban J connectivity index is 0.00000288. The van der Waals surface area contributed by atoms with Crippen molar-refractivity contribution in [2.75, 3.05) is 13.7 Å². The molecule has 0 aliphatic carbocycles. The Kier molecular flexibility index (Phi) is 8.98. The van der Waals surface area contributed by atoms with Gasteiger partial charge in [-0.1, -0.05) is 42.5 Å². The van der Waals surface area contributed by atoms with Gasteiger partial charge in [0.2, 0.25) is 0 Å². The van der Waals surface area contributed by atoms with Gasteiger partial charge in [0.1, 0.15) is 0 Å². The number of ether oxygens (including phenoxy) is 2. The molecule has 1 unspecified atom stereocenters. The summed E-state index contributed by atoms with van der Waals surface area (Å²) >= 11 is 0. The highest BCUT2D eigenvalue weighted by Crippen LogP contribution is 2.28. The summed E-state index contributed by atoms with van der Waals surface area (Å²) in [5.41, 5.74) is 8.48. The quantitative estimate of drug-likeness (QED) is 0.692. The lowest BCUT2D eigenvalue weighted by molar-refractivity contribution is 0.297. The molecule has 130 valence electrons. The van der Waals surface area contributed by atoms with Crippen LogP contribution in [0.25, 0.3) is 0 Å². The van der Waals surface area contributed by atoms with Gasteiger partial charge in [-0.05, 0) is 36.1 Å². The van der Waals surface area contributed by atoms with Crippen LogP contribution in [0.2, 0.25) is 0 Å². The maximum Gasteiger partial charge on any atom is 0.161 e. The standard InChI is InChI=1S/C20H25NO2.ClH/c1-3-7-18(21)14-17-10-11-19(22-2)20(15-17)23-13-12-16-8-5-4-6-9-16;/h3-6,8-11,15,18H,1,7,12-14,21H2,2H3;1H. The normalized spacial score (nSPS) is 11.2. The van der Waals surface area contributed by atoms with Crippen molar-refractivity contribution in [3.8, 4) is 11.5 Å². The topological polar surface area (TPSA) is 44.5 Å². The fourth-order valence-electron chi connectivity index (χ4n) is 2.48. The summed E-state index contributed by atoms with van der Waals surface area (Å²) in [6, 6.07) is 16.4. The number of hydrogen-bond acceptors (Lipinski definition) is 3. The molecule has 3 nitrogen and oxygen atoms in total. The highest BCUT2D eigenvalue weighted by atomic mass is 35.5. The van der Waals surface area contributed by atoms with E-state index in [2.05, 4.69) is 18.7 Å². The van der Waals surface area contributed by atoms with E-state index < -0.39 is 0 Å². The monoisotopic (exact) mass is 347 g/mol. The maximum atomic E-state index is 6.07. The molecule has 0 amide bonds. The van der Waals surface area contributed by atoms with E-state index in [1.807, 2.05) is 42.5 Å². The Hall–Kier alpha value is -1.97. The molecule has 24 heavy (non-hydrogen) atoms. The molecule has 2 rings (SSSR count). The lowest BCUT2D eigenvalue weighted by Gasteiger charge is -2.14. The predicted octanol–water partition coefficient (Wildman–Crippen LogP) is 4.18. The van der Waals surface area contributed by atoms with Gasteiger partial charge in [-0.15, -0.1) is 19.0 Å². The van der Waals surface area contributed by atoms with Crippen molar-refractivity contribution >= 4 is 12.4 Å². The van der Waals surface area contributed by atoms with E-state index in [9.17, 15) is 0 Å². The molecule has 0 fully saturated rings. The van der Waals surface area contributed by atoms with Gasteiger partial charge in [0.25, 0.3) is 0 Å². The van der Waals surface area contributed by atoms with Gasteiger partial charge in [0, 0.05) is 12.5 Å². The zero-order valence-electron chi connectivity index (χ0n) is 14.1. The van der Waals surface area contributed by atoms with Crippen LogP contribution in [0.4, 0.5) is 0 Å². The van der Waals surface area contributed by atoms with E-state index in [4.69, 9.17) is 15.2 Å². The predicted molar refractivity (Wildman–Crippen MR) is 102 cm³/mol. The number of benzene rings is 2. The van der Waals surface area contributed by atoms with Gasteiger partial charge in [0.15, 0.2) is 11.5 Å². The van der Waals surface area contributed by atoms with Crippen molar-refractivity contribution in [1.29, 1.82) is 0 Å². The number of methoxy groups -OCH3 is 1. The second kappa shape index (κ2) is 10.7. The van der Waals surface area contributed by atoms with E-state index >= 15 is 0 Å². The summed E-state index contributed by atoms with van der Waals surface area (Å²) in [6.07, 6.45) is 4.32. The largest absolute Gasteiger partial charge is 0.493 e. The number of halogens is 1. The highest BCUT2D eigenvalue weighted by Gasteiger charge is 2.08. The van der Waals surface area contributed by atoms with Crippen LogP contribution >= 0.6 is 12.4 Å². The lowest BCUT2D eigenvalue weighted by Crippen LogP contribution is -2.21. The van der Waals surface area contributed by atoms with Crippen molar-refractivity contribution in [2.45, 2.75) is 25.3 Å². The molecule has 0 saturated carbocycles. The molecule has 2 aromatic rings. The molecule has 4 heteroatoms. The van der Waals surface area contributed by atoms with Crippen LogP contribution in [-0.4, -0.2) is 19.8 Å². The Bertz CT molecular complexity index is 616. The maximum absolute atomic E-state index is 6.07. The molecule has 0 bridgehead atoms. The Labute approximate surface area is 150 Å². The minimum absolute atomic E-state index is 0. The van der Waals surface area contributed by atoms with Crippen LogP contribution in [0.15, 0.2) is 61.2 Å². The molecule has 0 aliphatic rings. The molecule has 2 N–H and O–H groups in total. The van der Waals surface area contributed by atoms with Gasteiger partial charge in [-0.3, -0.25) is 0 Å². The van der Waals surface area contributed by atoms with E-state index in [-0.39, 0.29) is 18.4 Å². The fourth-order valence-corrected chi connectivity index (χ4v) is 2.48. The highest BCUT2D eigenvalue weighted by molar-refractivity contribution is 5.85. The smallest absolute Gasteiger partial charge is 0.161 e. The van der Waals surface area contributed by atoms with Crippen molar-refractivity contribution < 1.29 is 9.47 Å². The number of rotatable bonds is 9. The van der Waals surface area contributed by atoms with Gasteiger partial charge < -0.3 is 15.2 Å².